The van der Waals surface area contributed by atoms with Crippen LogP contribution in [0.1, 0.15) is 32.6 Å². The molecule has 7 heteroatoms. The minimum absolute atomic E-state index is 0.184. The van der Waals surface area contributed by atoms with Crippen molar-refractivity contribution in [3.05, 3.63) is 11.5 Å². The molecule has 0 N–H and O–H groups in total. The van der Waals surface area contributed by atoms with Gasteiger partial charge in [-0.15, -0.1) is 0 Å². The number of amides is 1. The van der Waals surface area contributed by atoms with Crippen molar-refractivity contribution in [3.63, 3.8) is 0 Å². The third-order valence-corrected chi connectivity index (χ3v) is 5.67. The molecule has 1 aliphatic carbocycles. The van der Waals surface area contributed by atoms with Gasteiger partial charge in [0, 0.05) is 19.6 Å². The molecular formula is C15H20ClIN4O. The number of fused-ring (bicyclic) bond motifs is 1. The molecule has 0 radical (unpaired) electrons. The summed E-state index contributed by atoms with van der Waals surface area (Å²) in [7, 11) is 1.82. The first-order valence-corrected chi connectivity index (χ1v) is 9.52. The highest BCUT2D eigenvalue weighted by Crippen LogP contribution is 2.52. The maximum atomic E-state index is 12.8. The first-order valence-electron chi connectivity index (χ1n) is 7.62. The number of halogens is 2. The van der Waals surface area contributed by atoms with Gasteiger partial charge in [-0.05, 0) is 48.6 Å². The van der Waals surface area contributed by atoms with Crippen LogP contribution in [0.15, 0.2) is 6.20 Å². The van der Waals surface area contributed by atoms with Crippen molar-refractivity contribution in [2.45, 2.75) is 38.6 Å². The number of carbonyl (C=O) groups excluding carboxylic acids is 1. The summed E-state index contributed by atoms with van der Waals surface area (Å²) >= 11 is 8.42. The van der Waals surface area contributed by atoms with Crippen LogP contribution in [0.25, 0.3) is 0 Å². The summed E-state index contributed by atoms with van der Waals surface area (Å²) in [5, 5.41) is 0.234. The van der Waals surface area contributed by atoms with E-state index in [0.717, 1.165) is 48.2 Å². The predicted molar refractivity (Wildman–Crippen MR) is 97.0 cm³/mol. The number of anilines is 2. The van der Waals surface area contributed by atoms with Gasteiger partial charge in [-0.25, -0.2) is 4.98 Å². The molecule has 0 saturated heterocycles. The van der Waals surface area contributed by atoms with Crippen LogP contribution >= 0.6 is 34.2 Å². The van der Waals surface area contributed by atoms with Crippen LogP contribution in [0.4, 0.5) is 11.5 Å². The van der Waals surface area contributed by atoms with Crippen LogP contribution in [-0.4, -0.2) is 39.9 Å². The average molecular weight is 435 g/mol. The van der Waals surface area contributed by atoms with Gasteiger partial charge in [0.2, 0.25) is 11.2 Å². The molecule has 1 aromatic heterocycles. The number of alkyl halides is 1. The first-order chi connectivity index (χ1) is 10.5. The molecule has 1 aromatic rings. The van der Waals surface area contributed by atoms with Crippen molar-refractivity contribution < 1.29 is 4.79 Å². The number of carbonyl (C=O) groups is 1. The van der Waals surface area contributed by atoms with Gasteiger partial charge in [0.25, 0.3) is 0 Å². The number of aromatic nitrogens is 2. The molecule has 1 amide bonds. The summed E-state index contributed by atoms with van der Waals surface area (Å²) in [6.45, 7) is 2.94. The molecule has 120 valence electrons. The van der Waals surface area contributed by atoms with Gasteiger partial charge in [-0.3, -0.25) is 4.79 Å². The summed E-state index contributed by atoms with van der Waals surface area (Å²) in [6, 6.07) is 0.330. The van der Waals surface area contributed by atoms with E-state index in [1.54, 1.807) is 11.1 Å². The fraction of sp³-hybridized carbons (Fsp3) is 0.667. The van der Waals surface area contributed by atoms with Crippen molar-refractivity contribution in [3.8, 4) is 0 Å². The standard InChI is InChI=1S/C15H20ClIN4O/c1-10(4-3-7-17)21-9-15(5-6-15)13(22)20(2)11-8-18-14(16)19-12(11)21/h8,10H,3-7,9H2,1-2H3. The third-order valence-electron chi connectivity index (χ3n) is 4.73. The summed E-state index contributed by atoms with van der Waals surface area (Å²) in [6.07, 6.45) is 5.82. The molecule has 5 nitrogen and oxygen atoms in total. The van der Waals surface area contributed by atoms with Gasteiger partial charge < -0.3 is 9.80 Å². The van der Waals surface area contributed by atoms with E-state index in [2.05, 4.69) is 44.4 Å². The van der Waals surface area contributed by atoms with E-state index < -0.39 is 0 Å². The Morgan fingerprint density at radius 2 is 2.23 bits per heavy atom. The maximum absolute atomic E-state index is 12.8. The molecular weight excluding hydrogens is 415 g/mol. The molecule has 1 aliphatic heterocycles. The van der Waals surface area contributed by atoms with Crippen LogP contribution in [0.3, 0.4) is 0 Å². The molecule has 1 atom stereocenters. The second-order valence-corrected chi connectivity index (χ2v) is 7.72. The number of hydrogen-bond donors (Lipinski definition) is 0. The van der Waals surface area contributed by atoms with Gasteiger partial charge in [0.05, 0.1) is 11.6 Å². The largest absolute Gasteiger partial charge is 0.351 e. The molecule has 1 unspecified atom stereocenters. The van der Waals surface area contributed by atoms with Crippen molar-refractivity contribution in [1.82, 2.24) is 9.97 Å². The molecule has 1 spiro atoms. The molecule has 0 aromatic carbocycles. The molecule has 1 saturated carbocycles. The smallest absolute Gasteiger partial charge is 0.234 e. The van der Waals surface area contributed by atoms with Crippen molar-refractivity contribution in [2.24, 2.45) is 5.41 Å². The average Bonchev–Trinajstić information content (AvgIpc) is 3.30. The highest BCUT2D eigenvalue weighted by atomic mass is 127. The van der Waals surface area contributed by atoms with Crippen molar-refractivity contribution in [2.75, 3.05) is 27.8 Å². The van der Waals surface area contributed by atoms with Crippen LogP contribution in [0.5, 0.6) is 0 Å². The Bertz CT molecular complexity index is 593. The van der Waals surface area contributed by atoms with Gasteiger partial charge in [0.15, 0.2) is 5.82 Å². The lowest BCUT2D eigenvalue weighted by Gasteiger charge is -2.31. The van der Waals surface area contributed by atoms with E-state index >= 15 is 0 Å². The van der Waals surface area contributed by atoms with Crippen LogP contribution < -0.4 is 9.80 Å². The SMILES string of the molecule is CC(CCCI)N1CC2(CC2)C(=O)N(C)c2cnc(Cl)nc21. The predicted octanol–water partition coefficient (Wildman–Crippen LogP) is 3.30. The lowest BCUT2D eigenvalue weighted by Crippen LogP contribution is -2.41. The second-order valence-electron chi connectivity index (χ2n) is 6.30. The second kappa shape index (κ2) is 6.11. The van der Waals surface area contributed by atoms with E-state index in [-0.39, 0.29) is 16.6 Å². The zero-order valence-electron chi connectivity index (χ0n) is 12.9. The van der Waals surface area contributed by atoms with E-state index in [1.807, 2.05) is 7.05 Å². The summed E-state index contributed by atoms with van der Waals surface area (Å²) in [5.41, 5.74) is 0.528. The Balaban J connectivity index is 2.02. The van der Waals surface area contributed by atoms with Crippen LogP contribution in [0, 0.1) is 5.41 Å². The monoisotopic (exact) mass is 434 g/mol. The summed E-state index contributed by atoms with van der Waals surface area (Å²) in [4.78, 5) is 25.3. The Morgan fingerprint density at radius 3 is 2.86 bits per heavy atom. The van der Waals surface area contributed by atoms with Crippen LogP contribution in [-0.2, 0) is 4.79 Å². The van der Waals surface area contributed by atoms with Crippen LogP contribution in [0.2, 0.25) is 5.28 Å². The van der Waals surface area contributed by atoms with Crippen molar-refractivity contribution in [1.29, 1.82) is 0 Å². The summed E-state index contributed by atoms with van der Waals surface area (Å²) < 4.78 is 1.14. The first kappa shape index (κ1) is 16.2. The van der Waals surface area contributed by atoms with Gasteiger partial charge in [0.1, 0.15) is 5.69 Å². The lowest BCUT2D eigenvalue weighted by molar-refractivity contribution is -0.122. The van der Waals surface area contributed by atoms with E-state index in [4.69, 9.17) is 11.6 Å². The quantitative estimate of drug-likeness (QED) is 0.414. The lowest BCUT2D eigenvalue weighted by atomic mass is 10.0. The highest BCUT2D eigenvalue weighted by Gasteiger charge is 2.55. The molecule has 22 heavy (non-hydrogen) atoms. The van der Waals surface area contributed by atoms with E-state index in [1.165, 1.54) is 0 Å². The molecule has 3 rings (SSSR count). The number of rotatable bonds is 4. The Morgan fingerprint density at radius 1 is 1.50 bits per heavy atom. The zero-order valence-corrected chi connectivity index (χ0v) is 15.8. The van der Waals surface area contributed by atoms with Gasteiger partial charge >= 0.3 is 0 Å². The van der Waals surface area contributed by atoms with E-state index in [0.29, 0.717) is 6.04 Å². The molecule has 1 fully saturated rings. The number of hydrogen-bond acceptors (Lipinski definition) is 4. The maximum Gasteiger partial charge on any atom is 0.234 e. The zero-order chi connectivity index (χ0) is 15.9. The normalized spacial score (nSPS) is 20.8. The fourth-order valence-electron chi connectivity index (χ4n) is 3.14. The third kappa shape index (κ3) is 2.79. The fourth-order valence-corrected chi connectivity index (χ4v) is 3.71. The van der Waals surface area contributed by atoms with E-state index in [9.17, 15) is 4.79 Å². The topological polar surface area (TPSA) is 49.3 Å². The minimum atomic E-state index is -0.236. The molecule has 0 bridgehead atoms. The number of nitrogens with zero attached hydrogens (tertiary/aromatic N) is 4. The Kier molecular flexibility index (Phi) is 4.51. The Labute approximate surface area is 149 Å². The Hall–Kier alpha value is -0.630. The van der Waals surface area contributed by atoms with Gasteiger partial charge in [-0.1, -0.05) is 22.6 Å². The molecule has 2 heterocycles. The highest BCUT2D eigenvalue weighted by molar-refractivity contribution is 14.1. The summed E-state index contributed by atoms with van der Waals surface area (Å²) in [5.74, 6) is 0.976. The molecule has 2 aliphatic rings. The van der Waals surface area contributed by atoms with Gasteiger partial charge in [-0.2, -0.15) is 4.98 Å². The minimum Gasteiger partial charge on any atom is -0.351 e. The van der Waals surface area contributed by atoms with Crippen molar-refractivity contribution >= 4 is 51.6 Å².